The van der Waals surface area contributed by atoms with E-state index in [4.69, 9.17) is 0 Å². The topological polar surface area (TPSA) is 49.0 Å². The normalized spacial score (nSPS) is 25.6. The van der Waals surface area contributed by atoms with Crippen molar-refractivity contribution in [3.63, 3.8) is 0 Å². The van der Waals surface area contributed by atoms with Gasteiger partial charge in [0.1, 0.15) is 0 Å². The van der Waals surface area contributed by atoms with Crippen LogP contribution in [0.25, 0.3) is 0 Å². The number of H-pyrrole nitrogens is 1. The molecule has 2 fully saturated rings. The second-order valence-corrected chi connectivity index (χ2v) is 5.62. The summed E-state index contributed by atoms with van der Waals surface area (Å²) >= 11 is 0. The summed E-state index contributed by atoms with van der Waals surface area (Å²) in [5.41, 5.74) is 1.18. The molecule has 1 atom stereocenters. The van der Waals surface area contributed by atoms with Crippen LogP contribution in [-0.2, 0) is 4.79 Å². The fourth-order valence-electron chi connectivity index (χ4n) is 3.36. The van der Waals surface area contributed by atoms with E-state index in [1.807, 2.05) is 6.07 Å². The van der Waals surface area contributed by atoms with E-state index in [1.54, 1.807) is 6.20 Å². The third-order valence-corrected chi connectivity index (χ3v) is 4.40. The van der Waals surface area contributed by atoms with E-state index in [1.165, 1.54) is 18.5 Å². The van der Waals surface area contributed by atoms with Gasteiger partial charge < -0.3 is 4.90 Å². The molecular formula is C14H21N3O. The van der Waals surface area contributed by atoms with Crippen LogP contribution >= 0.6 is 0 Å². The van der Waals surface area contributed by atoms with Crippen LogP contribution in [0.4, 0.5) is 0 Å². The molecule has 0 unspecified atom stereocenters. The monoisotopic (exact) mass is 247 g/mol. The molecule has 1 saturated heterocycles. The van der Waals surface area contributed by atoms with E-state index in [9.17, 15) is 4.79 Å². The Morgan fingerprint density at radius 2 is 2.11 bits per heavy atom. The molecule has 4 nitrogen and oxygen atoms in total. The summed E-state index contributed by atoms with van der Waals surface area (Å²) < 4.78 is 0. The van der Waals surface area contributed by atoms with E-state index in [-0.39, 0.29) is 0 Å². The van der Waals surface area contributed by atoms with Crippen molar-refractivity contribution in [1.29, 1.82) is 0 Å². The van der Waals surface area contributed by atoms with E-state index in [2.05, 4.69) is 15.1 Å². The van der Waals surface area contributed by atoms with Crippen molar-refractivity contribution in [2.24, 2.45) is 5.92 Å². The van der Waals surface area contributed by atoms with Gasteiger partial charge in [0.25, 0.3) is 0 Å². The second-order valence-electron chi connectivity index (χ2n) is 5.62. The first-order valence-electron chi connectivity index (χ1n) is 7.12. The number of carbonyl (C=O) groups excluding carboxylic acids is 1. The molecule has 1 saturated carbocycles. The number of carbonyl (C=O) groups is 1. The third kappa shape index (κ3) is 2.28. The number of likely N-dealkylation sites (tertiary alicyclic amines) is 1. The van der Waals surface area contributed by atoms with Crippen molar-refractivity contribution in [3.8, 4) is 0 Å². The Morgan fingerprint density at radius 3 is 2.83 bits per heavy atom. The van der Waals surface area contributed by atoms with Gasteiger partial charge in [-0.1, -0.05) is 12.8 Å². The molecule has 1 aromatic heterocycles. The van der Waals surface area contributed by atoms with Gasteiger partial charge >= 0.3 is 0 Å². The number of hydrogen-bond acceptors (Lipinski definition) is 2. The standard InChI is InChI=1S/C14H21N3O/c18-14(11-4-1-2-5-11)17-9-3-6-12(10-17)13-7-8-15-16-13/h7-8,11-12H,1-6,9-10H2,(H,15,16)/t12-/m1/s1. The van der Waals surface area contributed by atoms with Gasteiger partial charge in [0, 0.05) is 36.8 Å². The lowest BCUT2D eigenvalue weighted by molar-refractivity contribution is -0.136. The molecule has 2 heterocycles. The van der Waals surface area contributed by atoms with Gasteiger partial charge in [-0.2, -0.15) is 5.10 Å². The highest BCUT2D eigenvalue weighted by Crippen LogP contribution is 2.30. The minimum Gasteiger partial charge on any atom is -0.342 e. The molecule has 98 valence electrons. The summed E-state index contributed by atoms with van der Waals surface area (Å²) in [6.45, 7) is 1.82. The number of rotatable bonds is 2. The van der Waals surface area contributed by atoms with Crippen LogP contribution in [-0.4, -0.2) is 34.1 Å². The predicted molar refractivity (Wildman–Crippen MR) is 69.1 cm³/mol. The number of hydrogen-bond donors (Lipinski definition) is 1. The van der Waals surface area contributed by atoms with Crippen LogP contribution in [0.3, 0.4) is 0 Å². The molecule has 1 N–H and O–H groups in total. The summed E-state index contributed by atoms with van der Waals surface area (Å²) in [7, 11) is 0. The van der Waals surface area contributed by atoms with Gasteiger partial charge in [-0.3, -0.25) is 9.89 Å². The Balaban J connectivity index is 1.64. The van der Waals surface area contributed by atoms with Crippen molar-refractivity contribution in [2.45, 2.75) is 44.4 Å². The molecule has 0 spiro atoms. The minimum absolute atomic E-state index is 0.311. The first kappa shape index (κ1) is 11.8. The summed E-state index contributed by atoms with van der Waals surface area (Å²) in [6, 6.07) is 2.04. The van der Waals surface area contributed by atoms with Gasteiger partial charge in [-0.05, 0) is 31.7 Å². The zero-order valence-electron chi connectivity index (χ0n) is 10.8. The molecule has 1 aromatic rings. The Morgan fingerprint density at radius 1 is 1.28 bits per heavy atom. The van der Waals surface area contributed by atoms with Gasteiger partial charge in [-0.25, -0.2) is 0 Å². The van der Waals surface area contributed by atoms with Crippen molar-refractivity contribution < 1.29 is 4.79 Å². The molecule has 1 aliphatic carbocycles. The molecule has 2 aliphatic rings. The molecule has 0 bridgehead atoms. The van der Waals surface area contributed by atoms with Crippen LogP contribution in [0.5, 0.6) is 0 Å². The lowest BCUT2D eigenvalue weighted by Crippen LogP contribution is -2.41. The molecule has 0 aromatic carbocycles. The van der Waals surface area contributed by atoms with Crippen molar-refractivity contribution >= 4 is 5.91 Å². The summed E-state index contributed by atoms with van der Waals surface area (Å²) in [6.07, 6.45) is 8.74. The average molecular weight is 247 g/mol. The highest BCUT2D eigenvalue weighted by atomic mass is 16.2. The second kappa shape index (κ2) is 5.12. The van der Waals surface area contributed by atoms with Crippen LogP contribution in [0.1, 0.15) is 50.1 Å². The molecular weight excluding hydrogens is 226 g/mol. The number of nitrogens with zero attached hydrogens (tertiary/aromatic N) is 2. The Kier molecular flexibility index (Phi) is 3.35. The molecule has 4 heteroatoms. The van der Waals surface area contributed by atoms with Gasteiger partial charge in [0.05, 0.1) is 0 Å². The van der Waals surface area contributed by atoms with Crippen LogP contribution in [0.15, 0.2) is 12.3 Å². The summed E-state index contributed by atoms with van der Waals surface area (Å²) in [5, 5.41) is 7.06. The number of piperidine rings is 1. The molecule has 18 heavy (non-hydrogen) atoms. The van der Waals surface area contributed by atoms with Crippen molar-refractivity contribution in [3.05, 3.63) is 18.0 Å². The number of nitrogens with one attached hydrogen (secondary N) is 1. The third-order valence-electron chi connectivity index (χ3n) is 4.40. The smallest absolute Gasteiger partial charge is 0.225 e. The maximum atomic E-state index is 12.4. The van der Waals surface area contributed by atoms with E-state index in [0.717, 1.165) is 38.8 Å². The largest absolute Gasteiger partial charge is 0.342 e. The molecule has 3 rings (SSSR count). The minimum atomic E-state index is 0.311. The van der Waals surface area contributed by atoms with Crippen LogP contribution in [0, 0.1) is 5.92 Å². The lowest BCUT2D eigenvalue weighted by Gasteiger charge is -2.33. The quantitative estimate of drug-likeness (QED) is 0.871. The first-order chi connectivity index (χ1) is 8.84. The molecule has 1 aliphatic heterocycles. The van der Waals surface area contributed by atoms with E-state index < -0.39 is 0 Å². The lowest BCUT2D eigenvalue weighted by atomic mass is 9.93. The number of amides is 1. The van der Waals surface area contributed by atoms with Gasteiger partial charge in [-0.15, -0.1) is 0 Å². The van der Waals surface area contributed by atoms with Crippen molar-refractivity contribution in [2.75, 3.05) is 13.1 Å². The van der Waals surface area contributed by atoms with E-state index >= 15 is 0 Å². The number of aromatic amines is 1. The van der Waals surface area contributed by atoms with Crippen molar-refractivity contribution in [1.82, 2.24) is 15.1 Å². The number of aromatic nitrogens is 2. The predicted octanol–water partition coefficient (Wildman–Crippen LogP) is 2.31. The zero-order valence-corrected chi connectivity index (χ0v) is 10.8. The SMILES string of the molecule is O=C(C1CCCC1)N1CCC[C@@H](c2ccn[nH]2)C1. The fraction of sp³-hybridized carbons (Fsp3) is 0.714. The summed E-state index contributed by atoms with van der Waals surface area (Å²) in [4.78, 5) is 14.5. The van der Waals surface area contributed by atoms with Crippen LogP contribution in [0.2, 0.25) is 0 Å². The Bertz CT molecular complexity index is 395. The average Bonchev–Trinajstić information content (AvgIpc) is 3.11. The Labute approximate surface area is 108 Å². The highest BCUT2D eigenvalue weighted by Gasteiger charge is 2.31. The van der Waals surface area contributed by atoms with Gasteiger partial charge in [0.2, 0.25) is 5.91 Å². The van der Waals surface area contributed by atoms with E-state index in [0.29, 0.717) is 17.7 Å². The van der Waals surface area contributed by atoms with Gasteiger partial charge in [0.15, 0.2) is 0 Å². The Hall–Kier alpha value is -1.32. The highest BCUT2D eigenvalue weighted by molar-refractivity contribution is 5.79. The molecule has 0 radical (unpaired) electrons. The zero-order chi connectivity index (χ0) is 12.4. The van der Waals surface area contributed by atoms with Crippen LogP contribution < -0.4 is 0 Å². The maximum absolute atomic E-state index is 12.4. The first-order valence-corrected chi connectivity index (χ1v) is 7.12. The summed E-state index contributed by atoms with van der Waals surface area (Å²) in [5.74, 6) is 1.16. The molecule has 1 amide bonds. The maximum Gasteiger partial charge on any atom is 0.225 e. The fourth-order valence-corrected chi connectivity index (χ4v) is 3.36.